The normalized spacial score (nSPS) is 13.9. The molecule has 4 rings (SSSR count). The van der Waals surface area contributed by atoms with Crippen LogP contribution in [0.2, 0.25) is 0 Å². The summed E-state index contributed by atoms with van der Waals surface area (Å²) in [6.45, 7) is 2.53. The maximum Gasteiger partial charge on any atom is 0.222 e. The first kappa shape index (κ1) is 19.2. The number of nitrogens with zero attached hydrogens (tertiary/aromatic N) is 4. The molecule has 0 saturated heterocycles. The predicted molar refractivity (Wildman–Crippen MR) is 110 cm³/mol. The van der Waals surface area contributed by atoms with Gasteiger partial charge in [-0.15, -0.1) is 0 Å². The van der Waals surface area contributed by atoms with E-state index in [-0.39, 0.29) is 10.9 Å². The minimum atomic E-state index is -3.54. The van der Waals surface area contributed by atoms with E-state index >= 15 is 0 Å². The van der Waals surface area contributed by atoms with Crippen molar-refractivity contribution in [2.75, 3.05) is 36.7 Å². The number of nitrogens with one attached hydrogen (secondary N) is 1. The molecule has 0 fully saturated rings. The highest BCUT2D eigenvalue weighted by molar-refractivity contribution is 7.90. The number of ether oxygens (including phenoxy) is 1. The van der Waals surface area contributed by atoms with E-state index in [0.29, 0.717) is 30.4 Å². The molecule has 152 valence electrons. The standard InChI is InChI=1S/C19H21N5O4S/c1-11(25)21-16-7-12-13(10-24(3)14(12)9-20-16)18-19-15(28-6-5-23(19)2)8-17(22-18)29(4,26)27/h7-10H,5-6H2,1-4H3,(H,20,21,25). The zero-order chi connectivity index (χ0) is 20.9. The van der Waals surface area contributed by atoms with Crippen LogP contribution < -0.4 is 15.0 Å². The Balaban J connectivity index is 2.03. The minimum absolute atomic E-state index is 0.0466. The lowest BCUT2D eigenvalue weighted by Crippen LogP contribution is -2.30. The van der Waals surface area contributed by atoms with Crippen LogP contribution >= 0.6 is 0 Å². The van der Waals surface area contributed by atoms with Gasteiger partial charge in [0, 0.05) is 50.5 Å². The van der Waals surface area contributed by atoms with Gasteiger partial charge in [-0.05, 0) is 6.07 Å². The summed E-state index contributed by atoms with van der Waals surface area (Å²) < 4.78 is 32.1. The van der Waals surface area contributed by atoms with Crippen LogP contribution in [0.5, 0.6) is 5.75 Å². The van der Waals surface area contributed by atoms with Gasteiger partial charge in [0.25, 0.3) is 0 Å². The predicted octanol–water partition coefficient (Wildman–Crippen LogP) is 1.83. The lowest BCUT2D eigenvalue weighted by Gasteiger charge is -2.29. The molecule has 0 bridgehead atoms. The Morgan fingerprint density at radius 1 is 1.28 bits per heavy atom. The summed E-state index contributed by atoms with van der Waals surface area (Å²) in [5.41, 5.74) is 2.80. The SMILES string of the molecule is CC(=O)Nc1cc2c(-c3nc(S(C)(=O)=O)cc4c3N(C)CCO4)cn(C)c2cn1. The summed E-state index contributed by atoms with van der Waals surface area (Å²) in [5, 5.41) is 3.43. The zero-order valence-corrected chi connectivity index (χ0v) is 17.4. The largest absolute Gasteiger partial charge is 0.489 e. The van der Waals surface area contributed by atoms with Gasteiger partial charge in [-0.2, -0.15) is 0 Å². The number of aromatic nitrogens is 3. The lowest BCUT2D eigenvalue weighted by atomic mass is 10.1. The molecule has 0 saturated carbocycles. The number of pyridine rings is 2. The van der Waals surface area contributed by atoms with Crippen molar-refractivity contribution in [2.24, 2.45) is 7.05 Å². The van der Waals surface area contributed by atoms with Crippen LogP contribution in [0.15, 0.2) is 29.6 Å². The number of sulfone groups is 1. The first-order valence-corrected chi connectivity index (χ1v) is 10.9. The van der Waals surface area contributed by atoms with E-state index in [1.54, 1.807) is 12.3 Å². The second kappa shape index (κ2) is 6.73. The molecule has 1 amide bonds. The average Bonchev–Trinajstić information content (AvgIpc) is 2.96. The third kappa shape index (κ3) is 3.39. The Morgan fingerprint density at radius 2 is 2.03 bits per heavy atom. The third-order valence-electron chi connectivity index (χ3n) is 4.82. The number of aryl methyl sites for hydroxylation is 1. The number of rotatable bonds is 3. The molecule has 9 nitrogen and oxygen atoms in total. The molecule has 0 unspecified atom stereocenters. The number of hydrogen-bond acceptors (Lipinski definition) is 7. The quantitative estimate of drug-likeness (QED) is 0.695. The Morgan fingerprint density at radius 3 is 2.72 bits per heavy atom. The van der Waals surface area contributed by atoms with Crippen LogP contribution in [0.4, 0.5) is 11.5 Å². The molecular formula is C19H21N5O4S. The van der Waals surface area contributed by atoms with Crippen molar-refractivity contribution in [3.63, 3.8) is 0 Å². The second-order valence-corrected chi connectivity index (χ2v) is 9.08. The molecule has 3 aromatic rings. The Kier molecular flexibility index (Phi) is 4.45. The molecule has 1 N–H and O–H groups in total. The van der Waals surface area contributed by atoms with Gasteiger partial charge in [-0.1, -0.05) is 0 Å². The zero-order valence-electron chi connectivity index (χ0n) is 16.6. The van der Waals surface area contributed by atoms with Gasteiger partial charge in [0.2, 0.25) is 5.91 Å². The molecule has 3 aromatic heterocycles. The molecule has 4 heterocycles. The van der Waals surface area contributed by atoms with Gasteiger partial charge >= 0.3 is 0 Å². The molecule has 1 aliphatic rings. The van der Waals surface area contributed by atoms with Crippen molar-refractivity contribution >= 4 is 38.2 Å². The Hall–Kier alpha value is -3.14. The first-order chi connectivity index (χ1) is 13.6. The maximum absolute atomic E-state index is 12.2. The topological polar surface area (TPSA) is 106 Å². The lowest BCUT2D eigenvalue weighted by molar-refractivity contribution is -0.114. The summed E-state index contributed by atoms with van der Waals surface area (Å²) in [7, 11) is 0.252. The van der Waals surface area contributed by atoms with Gasteiger partial charge in [0.05, 0.1) is 18.3 Å². The molecule has 29 heavy (non-hydrogen) atoms. The van der Waals surface area contributed by atoms with E-state index in [0.717, 1.165) is 28.4 Å². The maximum atomic E-state index is 12.2. The number of fused-ring (bicyclic) bond motifs is 2. The fourth-order valence-corrected chi connectivity index (χ4v) is 4.05. The molecule has 0 aromatic carbocycles. The van der Waals surface area contributed by atoms with Crippen molar-refractivity contribution in [1.82, 2.24) is 14.5 Å². The van der Waals surface area contributed by atoms with Gasteiger partial charge in [0.1, 0.15) is 29.6 Å². The van der Waals surface area contributed by atoms with Gasteiger partial charge in [-0.25, -0.2) is 18.4 Å². The van der Waals surface area contributed by atoms with Gasteiger partial charge < -0.3 is 19.5 Å². The highest BCUT2D eigenvalue weighted by Gasteiger charge is 2.27. The van der Waals surface area contributed by atoms with Crippen molar-refractivity contribution in [3.8, 4) is 17.0 Å². The van der Waals surface area contributed by atoms with Crippen LogP contribution in [0, 0.1) is 0 Å². The number of hydrogen-bond donors (Lipinski definition) is 1. The summed E-state index contributed by atoms with van der Waals surface area (Å²) >= 11 is 0. The van der Waals surface area contributed by atoms with Crippen molar-refractivity contribution in [1.29, 1.82) is 0 Å². The number of carbonyl (C=O) groups is 1. The molecule has 0 aliphatic carbocycles. The summed E-state index contributed by atoms with van der Waals surface area (Å²) in [6.07, 6.45) is 4.66. The second-order valence-electron chi connectivity index (χ2n) is 7.12. The van der Waals surface area contributed by atoms with E-state index in [1.165, 1.54) is 13.0 Å². The van der Waals surface area contributed by atoms with E-state index in [2.05, 4.69) is 15.3 Å². The van der Waals surface area contributed by atoms with Gasteiger partial charge in [0.15, 0.2) is 14.9 Å². The molecule has 1 aliphatic heterocycles. The van der Waals surface area contributed by atoms with E-state index in [9.17, 15) is 13.2 Å². The van der Waals surface area contributed by atoms with Crippen LogP contribution in [-0.2, 0) is 21.7 Å². The monoisotopic (exact) mass is 415 g/mol. The molecule has 0 radical (unpaired) electrons. The van der Waals surface area contributed by atoms with Crippen molar-refractivity contribution in [2.45, 2.75) is 11.9 Å². The van der Waals surface area contributed by atoms with E-state index < -0.39 is 9.84 Å². The Labute approximate surface area is 168 Å². The van der Waals surface area contributed by atoms with Crippen molar-refractivity contribution < 1.29 is 17.9 Å². The Bertz CT molecular complexity index is 1250. The highest BCUT2D eigenvalue weighted by Crippen LogP contribution is 2.43. The van der Waals surface area contributed by atoms with Crippen LogP contribution in [-0.4, -0.2) is 55.3 Å². The molecule has 0 spiro atoms. The summed E-state index contributed by atoms with van der Waals surface area (Å²) in [4.78, 5) is 22.2. The van der Waals surface area contributed by atoms with Crippen LogP contribution in [0.25, 0.3) is 22.2 Å². The number of anilines is 2. The van der Waals surface area contributed by atoms with Crippen LogP contribution in [0.1, 0.15) is 6.92 Å². The van der Waals surface area contributed by atoms with Gasteiger partial charge in [-0.3, -0.25) is 4.79 Å². The number of carbonyl (C=O) groups excluding carboxylic acids is 1. The highest BCUT2D eigenvalue weighted by atomic mass is 32.2. The third-order valence-corrected chi connectivity index (χ3v) is 5.78. The summed E-state index contributed by atoms with van der Waals surface area (Å²) in [5.74, 6) is 0.671. The number of amides is 1. The molecule has 10 heteroatoms. The smallest absolute Gasteiger partial charge is 0.222 e. The molecular weight excluding hydrogens is 394 g/mol. The fraction of sp³-hybridized carbons (Fsp3) is 0.316. The molecule has 0 atom stereocenters. The average molecular weight is 415 g/mol. The summed E-state index contributed by atoms with van der Waals surface area (Å²) in [6, 6.07) is 3.23. The fourth-order valence-electron chi connectivity index (χ4n) is 3.47. The van der Waals surface area contributed by atoms with E-state index in [4.69, 9.17) is 4.74 Å². The van der Waals surface area contributed by atoms with Crippen LogP contribution in [0.3, 0.4) is 0 Å². The number of likely N-dealkylation sites (N-methyl/N-ethyl adjacent to an activating group) is 1. The van der Waals surface area contributed by atoms with Crippen molar-refractivity contribution in [3.05, 3.63) is 24.5 Å². The van der Waals surface area contributed by atoms with E-state index in [1.807, 2.05) is 29.8 Å². The minimum Gasteiger partial charge on any atom is -0.489 e. The first-order valence-electron chi connectivity index (χ1n) is 8.97.